The maximum atomic E-state index is 12.4. The number of H-pyrrole nitrogens is 2. The SMILES string of the molecule is Cc1nc(-c2ccc(NC(=O)c3cc(-c4ccco4)[nH]n3)cc2)[nH]c1C. The van der Waals surface area contributed by atoms with Crippen molar-refractivity contribution in [2.75, 3.05) is 5.32 Å². The number of rotatable bonds is 4. The van der Waals surface area contributed by atoms with Crippen LogP contribution in [0.3, 0.4) is 0 Å². The van der Waals surface area contributed by atoms with E-state index in [0.717, 1.165) is 22.8 Å². The van der Waals surface area contributed by atoms with Crippen LogP contribution in [0.2, 0.25) is 0 Å². The Morgan fingerprint density at radius 2 is 1.96 bits per heavy atom. The molecule has 0 aliphatic rings. The molecule has 0 atom stereocenters. The summed E-state index contributed by atoms with van der Waals surface area (Å²) in [6.07, 6.45) is 1.57. The van der Waals surface area contributed by atoms with Crippen molar-refractivity contribution in [2.24, 2.45) is 0 Å². The minimum absolute atomic E-state index is 0.290. The number of anilines is 1. The summed E-state index contributed by atoms with van der Waals surface area (Å²) in [7, 11) is 0. The van der Waals surface area contributed by atoms with E-state index in [2.05, 4.69) is 25.5 Å². The van der Waals surface area contributed by atoms with Gasteiger partial charge in [0.05, 0.1) is 12.0 Å². The third-order valence-corrected chi connectivity index (χ3v) is 4.14. The molecule has 0 aliphatic carbocycles. The third kappa shape index (κ3) is 3.02. The van der Waals surface area contributed by atoms with Gasteiger partial charge in [-0.1, -0.05) is 0 Å². The van der Waals surface area contributed by atoms with Gasteiger partial charge in [0.1, 0.15) is 11.5 Å². The summed E-state index contributed by atoms with van der Waals surface area (Å²) in [5, 5.41) is 9.66. The number of nitrogens with one attached hydrogen (secondary N) is 3. The maximum Gasteiger partial charge on any atom is 0.276 e. The molecule has 0 spiro atoms. The highest BCUT2D eigenvalue weighted by Crippen LogP contribution is 2.21. The van der Waals surface area contributed by atoms with Gasteiger partial charge in [0.25, 0.3) is 5.91 Å². The number of aromatic amines is 2. The number of hydrogen-bond acceptors (Lipinski definition) is 4. The van der Waals surface area contributed by atoms with Crippen molar-refractivity contribution in [3.8, 4) is 22.8 Å². The van der Waals surface area contributed by atoms with E-state index in [1.807, 2.05) is 38.1 Å². The Bertz CT molecular complexity index is 1020. The van der Waals surface area contributed by atoms with E-state index in [0.29, 0.717) is 17.1 Å². The monoisotopic (exact) mass is 347 g/mol. The van der Waals surface area contributed by atoms with Crippen molar-refractivity contribution in [1.82, 2.24) is 20.2 Å². The molecule has 0 saturated heterocycles. The van der Waals surface area contributed by atoms with Crippen molar-refractivity contribution in [2.45, 2.75) is 13.8 Å². The number of imidazole rings is 1. The number of nitrogens with zero attached hydrogens (tertiary/aromatic N) is 2. The number of aryl methyl sites for hydroxylation is 2. The lowest BCUT2D eigenvalue weighted by Crippen LogP contribution is -2.12. The molecule has 3 N–H and O–H groups in total. The van der Waals surface area contributed by atoms with Gasteiger partial charge in [0.2, 0.25) is 0 Å². The van der Waals surface area contributed by atoms with E-state index in [1.54, 1.807) is 24.5 Å². The van der Waals surface area contributed by atoms with Crippen LogP contribution < -0.4 is 5.32 Å². The van der Waals surface area contributed by atoms with E-state index in [-0.39, 0.29) is 11.6 Å². The molecule has 1 amide bonds. The molecule has 0 bridgehead atoms. The predicted molar refractivity (Wildman–Crippen MR) is 97.7 cm³/mol. The van der Waals surface area contributed by atoms with E-state index in [1.165, 1.54) is 0 Å². The number of aromatic nitrogens is 4. The lowest BCUT2D eigenvalue weighted by Gasteiger charge is -2.04. The lowest BCUT2D eigenvalue weighted by atomic mass is 10.2. The van der Waals surface area contributed by atoms with Gasteiger partial charge in [-0.15, -0.1) is 0 Å². The standard InChI is InChI=1S/C19H17N5O2/c1-11-12(2)21-18(20-11)13-5-7-14(8-6-13)22-19(25)16-10-15(23-24-16)17-4-3-9-26-17/h3-10H,1-2H3,(H,20,21)(H,22,25)(H,23,24). The van der Waals surface area contributed by atoms with Crippen molar-refractivity contribution in [1.29, 1.82) is 0 Å². The average molecular weight is 347 g/mol. The minimum atomic E-state index is -0.295. The Morgan fingerprint density at radius 1 is 1.15 bits per heavy atom. The van der Waals surface area contributed by atoms with Crippen LogP contribution in [0.4, 0.5) is 5.69 Å². The van der Waals surface area contributed by atoms with Crippen LogP contribution in [-0.2, 0) is 0 Å². The normalized spacial score (nSPS) is 10.8. The molecule has 0 saturated carbocycles. The maximum absolute atomic E-state index is 12.4. The third-order valence-electron chi connectivity index (χ3n) is 4.14. The summed E-state index contributed by atoms with van der Waals surface area (Å²) in [4.78, 5) is 20.1. The molecule has 0 fully saturated rings. The molecular formula is C19H17N5O2. The van der Waals surface area contributed by atoms with E-state index < -0.39 is 0 Å². The molecule has 26 heavy (non-hydrogen) atoms. The van der Waals surface area contributed by atoms with Crippen molar-refractivity contribution < 1.29 is 9.21 Å². The highest BCUT2D eigenvalue weighted by Gasteiger charge is 2.13. The summed E-state index contributed by atoms with van der Waals surface area (Å²) < 4.78 is 5.28. The number of carbonyl (C=O) groups is 1. The van der Waals surface area contributed by atoms with Gasteiger partial charge >= 0.3 is 0 Å². The number of carbonyl (C=O) groups excluding carboxylic acids is 1. The Hall–Kier alpha value is -3.61. The zero-order valence-electron chi connectivity index (χ0n) is 14.3. The zero-order chi connectivity index (χ0) is 18.1. The van der Waals surface area contributed by atoms with Gasteiger partial charge in [-0.2, -0.15) is 5.10 Å². The van der Waals surface area contributed by atoms with Crippen LogP contribution >= 0.6 is 0 Å². The van der Waals surface area contributed by atoms with Gasteiger partial charge < -0.3 is 14.7 Å². The molecule has 7 nitrogen and oxygen atoms in total. The predicted octanol–water partition coefficient (Wildman–Crippen LogP) is 3.93. The average Bonchev–Trinajstić information content (AvgIpc) is 3.37. The topological polar surface area (TPSA) is 99.6 Å². The molecule has 4 rings (SSSR count). The number of benzene rings is 1. The largest absolute Gasteiger partial charge is 0.463 e. The minimum Gasteiger partial charge on any atom is -0.463 e. The molecule has 130 valence electrons. The van der Waals surface area contributed by atoms with E-state index in [4.69, 9.17) is 4.42 Å². The Balaban J connectivity index is 1.48. The van der Waals surface area contributed by atoms with Crippen LogP contribution in [0, 0.1) is 13.8 Å². The van der Waals surface area contributed by atoms with Crippen LogP contribution in [0.1, 0.15) is 21.9 Å². The molecule has 0 radical (unpaired) electrons. The van der Waals surface area contributed by atoms with Crippen LogP contribution in [0.15, 0.2) is 53.1 Å². The first-order valence-electron chi connectivity index (χ1n) is 8.14. The highest BCUT2D eigenvalue weighted by atomic mass is 16.3. The molecule has 0 aliphatic heterocycles. The summed E-state index contributed by atoms with van der Waals surface area (Å²) in [6.45, 7) is 3.95. The summed E-state index contributed by atoms with van der Waals surface area (Å²) >= 11 is 0. The second kappa shape index (κ2) is 6.36. The first-order valence-corrected chi connectivity index (χ1v) is 8.14. The Morgan fingerprint density at radius 3 is 2.62 bits per heavy atom. The van der Waals surface area contributed by atoms with Crippen LogP contribution in [0.5, 0.6) is 0 Å². The number of amides is 1. The Labute approximate surface area is 149 Å². The molecule has 0 unspecified atom stereocenters. The van der Waals surface area contributed by atoms with Crippen molar-refractivity contribution in [3.63, 3.8) is 0 Å². The first-order chi connectivity index (χ1) is 12.6. The Kier molecular flexibility index (Phi) is 3.89. The van der Waals surface area contributed by atoms with Crippen molar-refractivity contribution in [3.05, 3.63) is 65.8 Å². The molecule has 7 heteroatoms. The molecule has 4 aromatic rings. The lowest BCUT2D eigenvalue weighted by molar-refractivity contribution is 0.102. The van der Waals surface area contributed by atoms with Crippen molar-refractivity contribution >= 4 is 11.6 Å². The first kappa shape index (κ1) is 15.9. The van der Waals surface area contributed by atoms with E-state index >= 15 is 0 Å². The van der Waals surface area contributed by atoms with Crippen LogP contribution in [-0.4, -0.2) is 26.1 Å². The molecule has 3 heterocycles. The molecule has 1 aromatic carbocycles. The van der Waals surface area contributed by atoms with Gasteiger partial charge in [-0.3, -0.25) is 9.89 Å². The second-order valence-corrected chi connectivity index (χ2v) is 5.97. The molecular weight excluding hydrogens is 330 g/mol. The fourth-order valence-electron chi connectivity index (χ4n) is 2.59. The second-order valence-electron chi connectivity index (χ2n) is 5.97. The summed E-state index contributed by atoms with van der Waals surface area (Å²) in [5.41, 5.74) is 4.60. The summed E-state index contributed by atoms with van der Waals surface area (Å²) in [5.74, 6) is 1.15. The fourth-order valence-corrected chi connectivity index (χ4v) is 2.59. The van der Waals surface area contributed by atoms with Gasteiger partial charge in [-0.25, -0.2) is 4.98 Å². The highest BCUT2D eigenvalue weighted by molar-refractivity contribution is 6.03. The van der Waals surface area contributed by atoms with Gasteiger partial charge in [-0.05, 0) is 50.2 Å². The van der Waals surface area contributed by atoms with Crippen LogP contribution in [0.25, 0.3) is 22.8 Å². The fraction of sp³-hybridized carbons (Fsp3) is 0.105. The molecule has 3 aromatic heterocycles. The van der Waals surface area contributed by atoms with Gasteiger partial charge in [0.15, 0.2) is 11.5 Å². The number of hydrogen-bond donors (Lipinski definition) is 3. The van der Waals surface area contributed by atoms with Gasteiger partial charge in [0, 0.05) is 23.0 Å². The quantitative estimate of drug-likeness (QED) is 0.521. The summed E-state index contributed by atoms with van der Waals surface area (Å²) in [6, 6.07) is 12.7. The zero-order valence-corrected chi connectivity index (χ0v) is 14.3. The smallest absolute Gasteiger partial charge is 0.276 e. The number of furan rings is 1. The van der Waals surface area contributed by atoms with E-state index in [9.17, 15) is 4.79 Å².